The van der Waals surface area contributed by atoms with Crippen molar-refractivity contribution >= 4 is 45.9 Å². The van der Waals surface area contributed by atoms with E-state index in [9.17, 15) is 0 Å². The molecular weight excluding hydrogens is 541 g/mol. The molecule has 4 nitrogen and oxygen atoms in total. The fourth-order valence-electron chi connectivity index (χ4n) is 7.02. The van der Waals surface area contributed by atoms with Gasteiger partial charge in [-0.2, -0.15) is 0 Å². The smallest absolute Gasteiger partial charge is 0.259 e. The second kappa shape index (κ2) is 9.24. The molecule has 1 unspecified atom stereocenters. The van der Waals surface area contributed by atoms with E-state index in [2.05, 4.69) is 167 Å². The lowest BCUT2D eigenvalue weighted by molar-refractivity contribution is 1.10. The van der Waals surface area contributed by atoms with Crippen LogP contribution in [-0.2, 0) is 0 Å². The first-order valence-electron chi connectivity index (χ1n) is 14.6. The molecule has 0 spiro atoms. The SMILES string of the molecule is c1ccc(-n2c(-c3cccc([Si]4(c5ccccc5)c5ccccc5-c5nc6ccccc6n54)c3)nc3ccccc32)cc1. The highest BCUT2D eigenvalue weighted by Crippen LogP contribution is 2.35. The van der Waals surface area contributed by atoms with Gasteiger partial charge in [0.15, 0.2) is 0 Å². The first-order chi connectivity index (χ1) is 21.3. The lowest BCUT2D eigenvalue weighted by Crippen LogP contribution is -2.70. The lowest BCUT2D eigenvalue weighted by Gasteiger charge is -2.32. The summed E-state index contributed by atoms with van der Waals surface area (Å²) in [5, 5.41) is 4.00. The number of para-hydroxylation sites is 5. The average Bonchev–Trinajstić information content (AvgIpc) is 3.74. The van der Waals surface area contributed by atoms with Crippen LogP contribution in [0.4, 0.5) is 0 Å². The van der Waals surface area contributed by atoms with Crippen LogP contribution in [-0.4, -0.2) is 27.0 Å². The molecule has 0 radical (unpaired) electrons. The summed E-state index contributed by atoms with van der Waals surface area (Å²) in [6.45, 7) is 0. The highest BCUT2D eigenvalue weighted by atomic mass is 28.3. The van der Waals surface area contributed by atoms with Crippen LogP contribution >= 0.6 is 0 Å². The predicted octanol–water partition coefficient (Wildman–Crippen LogP) is 6.54. The third-order valence-electron chi connectivity index (χ3n) is 8.76. The van der Waals surface area contributed by atoms with E-state index >= 15 is 0 Å². The normalized spacial score (nSPS) is 15.5. The molecule has 0 bridgehead atoms. The van der Waals surface area contributed by atoms with Gasteiger partial charge in [0.05, 0.1) is 22.1 Å². The molecule has 6 aromatic carbocycles. The van der Waals surface area contributed by atoms with Gasteiger partial charge in [0, 0.05) is 16.8 Å². The van der Waals surface area contributed by atoms with Crippen molar-refractivity contribution in [3.63, 3.8) is 0 Å². The van der Waals surface area contributed by atoms with Crippen molar-refractivity contribution in [3.8, 4) is 28.5 Å². The zero-order chi connectivity index (χ0) is 28.4. The van der Waals surface area contributed by atoms with Crippen LogP contribution in [0.2, 0.25) is 0 Å². The van der Waals surface area contributed by atoms with Crippen molar-refractivity contribution in [1.82, 2.24) is 18.8 Å². The quantitative estimate of drug-likeness (QED) is 0.227. The minimum Gasteiger partial charge on any atom is -0.339 e. The third-order valence-corrected chi connectivity index (χ3v) is 13.4. The van der Waals surface area contributed by atoms with E-state index in [4.69, 9.17) is 9.97 Å². The zero-order valence-electron chi connectivity index (χ0n) is 23.3. The monoisotopic (exact) mass is 566 g/mol. The summed E-state index contributed by atoms with van der Waals surface area (Å²) in [6, 6.07) is 56.5. The molecule has 1 aliphatic heterocycles. The molecule has 0 fully saturated rings. The van der Waals surface area contributed by atoms with Gasteiger partial charge in [0.1, 0.15) is 11.6 Å². The van der Waals surface area contributed by atoms with Crippen molar-refractivity contribution in [2.75, 3.05) is 0 Å². The van der Waals surface area contributed by atoms with Crippen LogP contribution in [0.1, 0.15) is 0 Å². The summed E-state index contributed by atoms with van der Waals surface area (Å²) in [4.78, 5) is 10.4. The molecule has 0 amide bonds. The summed E-state index contributed by atoms with van der Waals surface area (Å²) in [5.74, 6) is 1.99. The Hall–Kier alpha value is -5.52. The average molecular weight is 567 g/mol. The van der Waals surface area contributed by atoms with Gasteiger partial charge in [0.2, 0.25) is 0 Å². The van der Waals surface area contributed by atoms with Crippen molar-refractivity contribution in [3.05, 3.63) is 158 Å². The lowest BCUT2D eigenvalue weighted by atomic mass is 10.2. The number of benzene rings is 6. The van der Waals surface area contributed by atoms with Crippen LogP contribution in [0.3, 0.4) is 0 Å². The van der Waals surface area contributed by atoms with Gasteiger partial charge in [0.25, 0.3) is 8.24 Å². The highest BCUT2D eigenvalue weighted by molar-refractivity contribution is 7.12. The van der Waals surface area contributed by atoms with Crippen molar-refractivity contribution in [2.45, 2.75) is 0 Å². The Bertz CT molecular complexity index is 2300. The largest absolute Gasteiger partial charge is 0.339 e. The molecular formula is C38H26N4Si. The standard InChI is InChI=1S/C38H26N4Si/c1-3-15-28(16-4-1)41-34-23-10-8-21-32(34)39-37(41)27-14-13-19-30(26-27)43(29-17-5-2-6-18-29)36-25-12-7-20-31(36)38-40-33-22-9-11-24-35(33)42(38)43/h1-26H. The summed E-state index contributed by atoms with van der Waals surface area (Å²) in [7, 11) is -2.82. The Morgan fingerprint density at radius 1 is 0.465 bits per heavy atom. The predicted molar refractivity (Wildman–Crippen MR) is 178 cm³/mol. The maximum Gasteiger partial charge on any atom is 0.259 e. The second-order valence-electron chi connectivity index (χ2n) is 11.1. The van der Waals surface area contributed by atoms with Gasteiger partial charge in [-0.3, -0.25) is 4.57 Å². The van der Waals surface area contributed by atoms with Gasteiger partial charge in [-0.1, -0.05) is 115 Å². The van der Waals surface area contributed by atoms with Gasteiger partial charge in [-0.05, 0) is 58.0 Å². The number of rotatable bonds is 4. The van der Waals surface area contributed by atoms with E-state index in [1.807, 2.05) is 0 Å². The molecule has 0 saturated heterocycles. The Labute approximate surface area is 250 Å². The van der Waals surface area contributed by atoms with E-state index in [-0.39, 0.29) is 0 Å². The van der Waals surface area contributed by atoms with E-state index in [1.54, 1.807) is 0 Å². The van der Waals surface area contributed by atoms with E-state index < -0.39 is 8.24 Å². The van der Waals surface area contributed by atoms with Gasteiger partial charge >= 0.3 is 0 Å². The highest BCUT2D eigenvalue weighted by Gasteiger charge is 2.50. The van der Waals surface area contributed by atoms with E-state index in [0.29, 0.717) is 0 Å². The summed E-state index contributed by atoms with van der Waals surface area (Å²) < 4.78 is 4.87. The second-order valence-corrected chi connectivity index (χ2v) is 14.6. The Balaban J connectivity index is 1.38. The fraction of sp³-hybridized carbons (Fsp3) is 0. The molecule has 0 N–H and O–H groups in total. The summed E-state index contributed by atoms with van der Waals surface area (Å²) in [6.07, 6.45) is 0. The van der Waals surface area contributed by atoms with Crippen LogP contribution in [0.15, 0.2) is 158 Å². The zero-order valence-corrected chi connectivity index (χ0v) is 24.3. The molecule has 2 aromatic heterocycles. The Morgan fingerprint density at radius 2 is 1.07 bits per heavy atom. The molecule has 0 aliphatic carbocycles. The summed E-state index contributed by atoms with van der Waals surface area (Å²) >= 11 is 0. The number of fused-ring (bicyclic) bond motifs is 6. The molecule has 3 heterocycles. The molecule has 0 saturated carbocycles. The van der Waals surface area contributed by atoms with Gasteiger partial charge in [-0.15, -0.1) is 0 Å². The first-order valence-corrected chi connectivity index (χ1v) is 16.6. The fourth-order valence-corrected chi connectivity index (χ4v) is 12.1. The van der Waals surface area contributed by atoms with Crippen LogP contribution in [0.5, 0.6) is 0 Å². The van der Waals surface area contributed by atoms with Crippen LogP contribution in [0.25, 0.3) is 50.5 Å². The minimum absolute atomic E-state index is 0.938. The van der Waals surface area contributed by atoms with Gasteiger partial charge in [-0.25, -0.2) is 9.97 Å². The van der Waals surface area contributed by atoms with E-state index in [0.717, 1.165) is 39.4 Å². The molecule has 9 rings (SSSR count). The molecule has 202 valence electrons. The number of hydrogen-bond donors (Lipinski definition) is 0. The molecule has 43 heavy (non-hydrogen) atoms. The van der Waals surface area contributed by atoms with Crippen LogP contribution < -0.4 is 15.6 Å². The van der Waals surface area contributed by atoms with Crippen LogP contribution in [0, 0.1) is 0 Å². The Kier molecular flexibility index (Phi) is 5.18. The topological polar surface area (TPSA) is 35.6 Å². The van der Waals surface area contributed by atoms with Gasteiger partial charge < -0.3 is 4.23 Å². The number of aromatic nitrogens is 4. The maximum atomic E-state index is 5.23. The molecule has 5 heteroatoms. The number of imidazole rings is 2. The molecule has 1 aliphatic rings. The third kappa shape index (κ3) is 3.37. The first kappa shape index (κ1) is 24.1. The van der Waals surface area contributed by atoms with Crippen molar-refractivity contribution < 1.29 is 0 Å². The van der Waals surface area contributed by atoms with Crippen molar-refractivity contribution in [2.24, 2.45) is 0 Å². The van der Waals surface area contributed by atoms with Crippen molar-refractivity contribution in [1.29, 1.82) is 0 Å². The minimum atomic E-state index is -2.82. The number of nitrogens with zero attached hydrogens (tertiary/aromatic N) is 4. The summed E-state index contributed by atoms with van der Waals surface area (Å²) in [5.41, 5.74) is 7.69. The Morgan fingerprint density at radius 3 is 1.88 bits per heavy atom. The molecule has 1 atom stereocenters. The van der Waals surface area contributed by atoms with E-state index in [1.165, 1.54) is 26.6 Å². The number of hydrogen-bond acceptors (Lipinski definition) is 2. The maximum absolute atomic E-state index is 5.23. The molecule has 8 aromatic rings.